The monoisotopic (exact) mass is 399 g/mol. The highest BCUT2D eigenvalue weighted by Gasteiger charge is 2.40. The zero-order valence-corrected chi connectivity index (χ0v) is 15.7. The number of nitrogens with one attached hydrogen (secondary N) is 2. The average Bonchev–Trinajstić information content (AvgIpc) is 3.41. The van der Waals surface area contributed by atoms with Crippen molar-refractivity contribution >= 4 is 40.5 Å². The van der Waals surface area contributed by atoms with Gasteiger partial charge in [0, 0.05) is 5.69 Å². The Labute approximate surface area is 166 Å². The predicted molar refractivity (Wildman–Crippen MR) is 110 cm³/mol. The van der Waals surface area contributed by atoms with Gasteiger partial charge in [-0.2, -0.15) is 0 Å². The molecule has 1 aliphatic heterocycles. The van der Waals surface area contributed by atoms with Crippen LogP contribution in [-0.4, -0.2) is 17.9 Å². The summed E-state index contributed by atoms with van der Waals surface area (Å²) >= 11 is 5.84. The summed E-state index contributed by atoms with van der Waals surface area (Å²) in [5.74, 6) is -0.0460. The second-order valence-corrected chi connectivity index (χ2v) is 7.15. The summed E-state index contributed by atoms with van der Waals surface area (Å²) in [5.41, 5.74) is 8.39. The van der Waals surface area contributed by atoms with Gasteiger partial charge in [-0.3, -0.25) is 15.2 Å². The van der Waals surface area contributed by atoms with Gasteiger partial charge in [0.15, 0.2) is 0 Å². The molecule has 1 saturated carbocycles. The molecule has 1 heterocycles. The fourth-order valence-corrected chi connectivity index (χ4v) is 3.30. The van der Waals surface area contributed by atoms with Crippen LogP contribution in [0.3, 0.4) is 0 Å². The van der Waals surface area contributed by atoms with Gasteiger partial charge in [0.25, 0.3) is 0 Å². The molecule has 1 atom stereocenters. The molecule has 2 aromatic carbocycles. The SMILES string of the molecule is C=CNc1ccc(N2C(=O)NC(=NC3CC3)C2c2ccc(Cl)c(F)c2)cc1N. The Morgan fingerprint density at radius 2 is 2.11 bits per heavy atom. The Kier molecular flexibility index (Phi) is 4.68. The number of carbonyl (C=O) groups excluding carboxylic acids is 1. The lowest BCUT2D eigenvalue weighted by molar-refractivity contribution is 0.252. The molecule has 1 aliphatic carbocycles. The molecule has 28 heavy (non-hydrogen) atoms. The first kappa shape index (κ1) is 18.3. The minimum absolute atomic E-state index is 0.0253. The van der Waals surface area contributed by atoms with Gasteiger partial charge < -0.3 is 11.1 Å². The van der Waals surface area contributed by atoms with Crippen molar-refractivity contribution in [2.45, 2.75) is 24.9 Å². The zero-order chi connectivity index (χ0) is 19.8. The first-order valence-corrected chi connectivity index (χ1v) is 9.25. The number of amides is 2. The van der Waals surface area contributed by atoms with Crippen molar-refractivity contribution in [2.24, 2.45) is 4.99 Å². The minimum atomic E-state index is -0.586. The van der Waals surface area contributed by atoms with E-state index in [-0.39, 0.29) is 17.1 Å². The van der Waals surface area contributed by atoms with Crippen molar-refractivity contribution in [1.29, 1.82) is 0 Å². The number of nitrogen functional groups attached to an aromatic ring is 1. The van der Waals surface area contributed by atoms with E-state index in [0.717, 1.165) is 12.8 Å². The molecular formula is C20H19ClFN5O. The summed E-state index contributed by atoms with van der Waals surface area (Å²) in [6, 6.07) is 8.98. The second-order valence-electron chi connectivity index (χ2n) is 6.74. The summed E-state index contributed by atoms with van der Waals surface area (Å²) in [5, 5.41) is 5.79. The van der Waals surface area contributed by atoms with Crippen molar-refractivity contribution in [3.63, 3.8) is 0 Å². The maximum Gasteiger partial charge on any atom is 0.328 e. The Hall–Kier alpha value is -3.06. The molecule has 1 unspecified atom stereocenters. The normalized spacial score (nSPS) is 20.4. The molecule has 0 bridgehead atoms. The van der Waals surface area contributed by atoms with Gasteiger partial charge in [0.1, 0.15) is 17.7 Å². The van der Waals surface area contributed by atoms with Gasteiger partial charge in [-0.15, -0.1) is 0 Å². The van der Waals surface area contributed by atoms with Crippen LogP contribution in [0.2, 0.25) is 5.02 Å². The topological polar surface area (TPSA) is 82.8 Å². The molecule has 0 aromatic heterocycles. The van der Waals surface area contributed by atoms with Crippen molar-refractivity contribution in [3.05, 3.63) is 65.6 Å². The lowest BCUT2D eigenvalue weighted by atomic mass is 10.0. The number of nitrogens with zero attached hydrogens (tertiary/aromatic N) is 2. The lowest BCUT2D eigenvalue weighted by Crippen LogP contribution is -2.29. The molecular weight excluding hydrogens is 381 g/mol. The number of urea groups is 1. The van der Waals surface area contributed by atoms with Crippen molar-refractivity contribution in [3.8, 4) is 0 Å². The molecule has 0 spiro atoms. The van der Waals surface area contributed by atoms with Gasteiger partial charge in [-0.05, 0) is 54.9 Å². The van der Waals surface area contributed by atoms with E-state index < -0.39 is 11.9 Å². The number of hydrogen-bond acceptors (Lipinski definition) is 4. The van der Waals surface area contributed by atoms with Crippen LogP contribution in [0.5, 0.6) is 0 Å². The molecule has 2 fully saturated rings. The number of nitrogens with two attached hydrogens (primary N) is 1. The highest BCUT2D eigenvalue weighted by molar-refractivity contribution is 6.30. The predicted octanol–water partition coefficient (Wildman–Crippen LogP) is 4.45. The first-order chi connectivity index (χ1) is 13.5. The smallest absolute Gasteiger partial charge is 0.328 e. The molecule has 2 aliphatic rings. The number of amidine groups is 1. The van der Waals surface area contributed by atoms with Gasteiger partial charge in [0.2, 0.25) is 0 Å². The fourth-order valence-electron chi connectivity index (χ4n) is 3.18. The molecule has 0 radical (unpaired) electrons. The van der Waals surface area contributed by atoms with E-state index in [2.05, 4.69) is 22.2 Å². The summed E-state index contributed by atoms with van der Waals surface area (Å²) in [6.45, 7) is 3.62. The zero-order valence-electron chi connectivity index (χ0n) is 15.0. The molecule has 2 aromatic rings. The van der Waals surface area contributed by atoms with Gasteiger partial charge in [-0.1, -0.05) is 24.2 Å². The Morgan fingerprint density at radius 3 is 2.75 bits per heavy atom. The van der Waals surface area contributed by atoms with E-state index in [1.165, 1.54) is 23.2 Å². The summed E-state index contributed by atoms with van der Waals surface area (Å²) < 4.78 is 14.1. The Bertz CT molecular complexity index is 989. The highest BCUT2D eigenvalue weighted by Crippen LogP contribution is 2.37. The van der Waals surface area contributed by atoms with Crippen LogP contribution >= 0.6 is 11.6 Å². The van der Waals surface area contributed by atoms with Crippen LogP contribution in [0, 0.1) is 5.82 Å². The largest absolute Gasteiger partial charge is 0.397 e. The standard InChI is InChI=1S/C20H19ClFN5O/c1-2-24-17-8-6-13(10-16(17)23)27-18(11-3-7-14(21)15(22)9-11)19(26-20(27)28)25-12-4-5-12/h2-3,6-10,12,18,24H,1,4-5,23H2,(H,25,26,28). The molecule has 2 amide bonds. The number of aliphatic imine (C=N–C) groups is 1. The minimum Gasteiger partial charge on any atom is -0.397 e. The van der Waals surface area contributed by atoms with Crippen LogP contribution in [0.1, 0.15) is 24.4 Å². The van der Waals surface area contributed by atoms with E-state index in [9.17, 15) is 9.18 Å². The van der Waals surface area contributed by atoms with E-state index in [0.29, 0.717) is 28.5 Å². The third kappa shape index (κ3) is 3.41. The molecule has 4 N–H and O–H groups in total. The van der Waals surface area contributed by atoms with Crippen LogP contribution in [0.25, 0.3) is 0 Å². The first-order valence-electron chi connectivity index (χ1n) is 8.87. The third-order valence-corrected chi connectivity index (χ3v) is 4.98. The van der Waals surface area contributed by atoms with E-state index >= 15 is 0 Å². The number of carbonyl (C=O) groups is 1. The van der Waals surface area contributed by atoms with E-state index in [4.69, 9.17) is 17.3 Å². The number of hydrogen-bond donors (Lipinski definition) is 3. The number of anilines is 3. The average molecular weight is 400 g/mol. The van der Waals surface area contributed by atoms with Crippen molar-refractivity contribution in [1.82, 2.24) is 5.32 Å². The number of benzene rings is 2. The van der Waals surface area contributed by atoms with E-state index in [1.807, 2.05) is 0 Å². The van der Waals surface area contributed by atoms with Crippen LogP contribution in [0.4, 0.5) is 26.2 Å². The number of halogens is 2. The summed E-state index contributed by atoms with van der Waals surface area (Å²) in [6.07, 6.45) is 3.49. The van der Waals surface area contributed by atoms with Crippen molar-refractivity contribution in [2.75, 3.05) is 16.0 Å². The summed E-state index contributed by atoms with van der Waals surface area (Å²) in [7, 11) is 0. The Balaban J connectivity index is 1.79. The highest BCUT2D eigenvalue weighted by atomic mass is 35.5. The van der Waals surface area contributed by atoms with Crippen LogP contribution in [-0.2, 0) is 0 Å². The molecule has 1 saturated heterocycles. The molecule has 6 nitrogen and oxygen atoms in total. The van der Waals surface area contributed by atoms with Gasteiger partial charge in [-0.25, -0.2) is 9.18 Å². The fraction of sp³-hybridized carbons (Fsp3) is 0.200. The van der Waals surface area contributed by atoms with Crippen molar-refractivity contribution < 1.29 is 9.18 Å². The quantitative estimate of drug-likeness (QED) is 0.649. The van der Waals surface area contributed by atoms with Crippen LogP contribution < -0.4 is 21.3 Å². The third-order valence-electron chi connectivity index (χ3n) is 4.67. The maximum atomic E-state index is 14.1. The van der Waals surface area contributed by atoms with Gasteiger partial charge in [0.05, 0.1) is 22.4 Å². The van der Waals surface area contributed by atoms with Crippen LogP contribution in [0.15, 0.2) is 54.2 Å². The second kappa shape index (κ2) is 7.16. The lowest BCUT2D eigenvalue weighted by Gasteiger charge is -2.24. The number of rotatable bonds is 5. The Morgan fingerprint density at radius 1 is 1.32 bits per heavy atom. The molecule has 4 rings (SSSR count). The molecule has 144 valence electrons. The summed E-state index contributed by atoms with van der Waals surface area (Å²) in [4.78, 5) is 18.9. The van der Waals surface area contributed by atoms with Gasteiger partial charge >= 0.3 is 6.03 Å². The molecule has 8 heteroatoms. The van der Waals surface area contributed by atoms with E-state index in [1.54, 1.807) is 24.3 Å². The maximum absolute atomic E-state index is 14.1.